The van der Waals surface area contributed by atoms with Crippen molar-refractivity contribution in [2.75, 3.05) is 31.8 Å². The molecular formula is C18H22N6O2. The molecule has 3 N–H and O–H groups in total. The van der Waals surface area contributed by atoms with Gasteiger partial charge in [-0.15, -0.1) is 0 Å². The van der Waals surface area contributed by atoms with Gasteiger partial charge in [-0.3, -0.25) is 9.78 Å². The smallest absolute Gasteiger partial charge is 0.221 e. The molecule has 3 heterocycles. The highest BCUT2D eigenvalue weighted by molar-refractivity contribution is 6.16. The van der Waals surface area contributed by atoms with Crippen LogP contribution in [0.1, 0.15) is 29.8 Å². The molecular weight excluding hydrogens is 332 g/mol. The number of nitrogens with zero attached hydrogens (tertiary/aromatic N) is 4. The van der Waals surface area contributed by atoms with Crippen molar-refractivity contribution in [2.45, 2.75) is 19.4 Å². The third kappa shape index (κ3) is 3.11. The van der Waals surface area contributed by atoms with E-state index in [9.17, 15) is 4.79 Å². The standard InChI is InChI=1S/C18H22N6O2/c1-18(2,10-26-4)24-9-14(13-8-22-17(19)23-16(13)24)15(25)11-5-12(20-3)7-21-6-11/h5-9,20H,10H2,1-4H3,(H2,19,22,23). The number of nitrogens with one attached hydrogen (secondary N) is 1. The van der Waals surface area contributed by atoms with Crippen LogP contribution < -0.4 is 11.1 Å². The lowest BCUT2D eigenvalue weighted by Crippen LogP contribution is -2.31. The molecule has 0 saturated heterocycles. The van der Waals surface area contributed by atoms with Gasteiger partial charge in [-0.1, -0.05) is 0 Å². The number of ketones is 1. The van der Waals surface area contributed by atoms with E-state index in [-0.39, 0.29) is 11.7 Å². The summed E-state index contributed by atoms with van der Waals surface area (Å²) in [6.45, 7) is 4.46. The molecule has 8 nitrogen and oxygen atoms in total. The van der Waals surface area contributed by atoms with Gasteiger partial charge in [0.25, 0.3) is 0 Å². The van der Waals surface area contributed by atoms with E-state index in [2.05, 4.69) is 20.3 Å². The Hall–Kier alpha value is -3.00. The first kappa shape index (κ1) is 17.8. The van der Waals surface area contributed by atoms with Crippen molar-refractivity contribution >= 4 is 28.5 Å². The van der Waals surface area contributed by atoms with Crippen LogP contribution in [0.4, 0.5) is 11.6 Å². The highest BCUT2D eigenvalue weighted by atomic mass is 16.5. The number of carbonyl (C=O) groups is 1. The maximum absolute atomic E-state index is 13.1. The van der Waals surface area contributed by atoms with Crippen LogP contribution in [0.25, 0.3) is 11.0 Å². The number of hydrogen-bond donors (Lipinski definition) is 2. The molecule has 0 amide bonds. The molecule has 26 heavy (non-hydrogen) atoms. The van der Waals surface area contributed by atoms with Gasteiger partial charge in [-0.05, 0) is 19.9 Å². The Balaban J connectivity index is 2.18. The molecule has 3 aromatic heterocycles. The summed E-state index contributed by atoms with van der Waals surface area (Å²) < 4.78 is 7.24. The van der Waals surface area contributed by atoms with E-state index >= 15 is 0 Å². The van der Waals surface area contributed by atoms with Crippen molar-refractivity contribution in [3.05, 3.63) is 42.0 Å². The van der Waals surface area contributed by atoms with Gasteiger partial charge in [0.15, 0.2) is 5.78 Å². The predicted octanol–water partition coefficient (Wildman–Crippen LogP) is 2.06. The average molecular weight is 354 g/mol. The van der Waals surface area contributed by atoms with Gasteiger partial charge < -0.3 is 20.4 Å². The van der Waals surface area contributed by atoms with E-state index in [1.807, 2.05) is 18.4 Å². The SMILES string of the molecule is CNc1cncc(C(=O)c2cn(C(C)(C)COC)c3nc(N)ncc23)c1. The van der Waals surface area contributed by atoms with E-state index in [0.717, 1.165) is 5.69 Å². The minimum absolute atomic E-state index is 0.153. The fraction of sp³-hybridized carbons (Fsp3) is 0.333. The summed E-state index contributed by atoms with van der Waals surface area (Å²) >= 11 is 0. The first-order chi connectivity index (χ1) is 12.4. The lowest BCUT2D eigenvalue weighted by molar-refractivity contribution is 0.103. The van der Waals surface area contributed by atoms with E-state index < -0.39 is 5.54 Å². The van der Waals surface area contributed by atoms with Gasteiger partial charge in [-0.2, -0.15) is 4.98 Å². The van der Waals surface area contributed by atoms with Crippen LogP contribution in [-0.2, 0) is 10.3 Å². The largest absolute Gasteiger partial charge is 0.387 e. The summed E-state index contributed by atoms with van der Waals surface area (Å²) in [4.78, 5) is 25.6. The predicted molar refractivity (Wildman–Crippen MR) is 100 cm³/mol. The van der Waals surface area contributed by atoms with Crippen molar-refractivity contribution in [1.29, 1.82) is 0 Å². The number of anilines is 2. The van der Waals surface area contributed by atoms with Crippen molar-refractivity contribution in [2.24, 2.45) is 0 Å². The van der Waals surface area contributed by atoms with Crippen LogP contribution in [-0.4, -0.2) is 46.1 Å². The highest BCUT2D eigenvalue weighted by Gasteiger charge is 2.27. The number of nitrogen functional groups attached to an aromatic ring is 1. The van der Waals surface area contributed by atoms with Crippen molar-refractivity contribution in [3.8, 4) is 0 Å². The van der Waals surface area contributed by atoms with E-state index in [1.165, 1.54) is 0 Å². The van der Waals surface area contributed by atoms with E-state index in [1.54, 1.807) is 45.0 Å². The van der Waals surface area contributed by atoms with Crippen molar-refractivity contribution < 1.29 is 9.53 Å². The van der Waals surface area contributed by atoms with Crippen LogP contribution in [0.3, 0.4) is 0 Å². The Morgan fingerprint density at radius 1 is 1.35 bits per heavy atom. The summed E-state index contributed by atoms with van der Waals surface area (Å²) in [6.07, 6.45) is 6.57. The molecule has 0 bridgehead atoms. The number of hydrogen-bond acceptors (Lipinski definition) is 7. The minimum atomic E-state index is -0.419. The molecule has 0 aromatic carbocycles. The molecule has 0 aliphatic heterocycles. The first-order valence-electron chi connectivity index (χ1n) is 8.18. The minimum Gasteiger partial charge on any atom is -0.387 e. The molecule has 0 unspecified atom stereocenters. The molecule has 0 radical (unpaired) electrons. The molecule has 3 aromatic rings. The molecule has 0 aliphatic carbocycles. The second kappa shape index (κ2) is 6.72. The third-order valence-corrected chi connectivity index (χ3v) is 4.25. The molecule has 0 saturated carbocycles. The Morgan fingerprint density at radius 3 is 2.81 bits per heavy atom. The Kier molecular flexibility index (Phi) is 4.60. The van der Waals surface area contributed by atoms with Crippen LogP contribution >= 0.6 is 0 Å². The molecule has 0 fully saturated rings. The zero-order valence-corrected chi connectivity index (χ0v) is 15.3. The number of nitrogens with two attached hydrogens (primary N) is 1. The Bertz CT molecular complexity index is 963. The van der Waals surface area contributed by atoms with E-state index in [4.69, 9.17) is 10.5 Å². The lowest BCUT2D eigenvalue weighted by Gasteiger charge is -2.26. The first-order valence-corrected chi connectivity index (χ1v) is 8.18. The summed E-state index contributed by atoms with van der Waals surface area (Å²) in [7, 11) is 3.42. The van der Waals surface area contributed by atoms with Crippen molar-refractivity contribution in [3.63, 3.8) is 0 Å². The number of rotatable bonds is 6. The average Bonchev–Trinajstić information content (AvgIpc) is 3.00. The summed E-state index contributed by atoms with van der Waals surface area (Å²) in [6, 6.07) is 1.76. The second-order valence-electron chi connectivity index (χ2n) is 6.67. The fourth-order valence-electron chi connectivity index (χ4n) is 2.94. The Morgan fingerprint density at radius 2 is 2.12 bits per heavy atom. The zero-order valence-electron chi connectivity index (χ0n) is 15.3. The molecule has 0 spiro atoms. The Labute approximate surface area is 151 Å². The number of methoxy groups -OCH3 is 1. The normalized spacial score (nSPS) is 11.7. The summed E-state index contributed by atoms with van der Waals surface area (Å²) in [5.41, 5.74) is 7.70. The maximum Gasteiger partial charge on any atom is 0.221 e. The van der Waals surface area contributed by atoms with Gasteiger partial charge in [0.2, 0.25) is 5.95 Å². The quantitative estimate of drug-likeness (QED) is 0.652. The number of ether oxygens (including phenoxy) is 1. The number of pyridine rings is 1. The number of fused-ring (bicyclic) bond motifs is 1. The molecule has 8 heteroatoms. The van der Waals surface area contributed by atoms with Crippen LogP contribution in [0.2, 0.25) is 0 Å². The molecule has 136 valence electrons. The van der Waals surface area contributed by atoms with Gasteiger partial charge in [0.05, 0.1) is 23.4 Å². The summed E-state index contributed by atoms with van der Waals surface area (Å²) in [5.74, 6) is 0.00264. The van der Waals surface area contributed by atoms with Crippen molar-refractivity contribution in [1.82, 2.24) is 19.5 Å². The highest BCUT2D eigenvalue weighted by Crippen LogP contribution is 2.28. The van der Waals surface area contributed by atoms with Gasteiger partial charge in [0, 0.05) is 49.9 Å². The van der Waals surface area contributed by atoms with Gasteiger partial charge in [0.1, 0.15) is 5.65 Å². The van der Waals surface area contributed by atoms with Crippen LogP contribution in [0.15, 0.2) is 30.9 Å². The monoisotopic (exact) mass is 354 g/mol. The van der Waals surface area contributed by atoms with Crippen LogP contribution in [0, 0.1) is 0 Å². The topological polar surface area (TPSA) is 108 Å². The zero-order chi connectivity index (χ0) is 18.9. The summed E-state index contributed by atoms with van der Waals surface area (Å²) in [5, 5.41) is 3.63. The second-order valence-corrected chi connectivity index (χ2v) is 6.67. The number of aromatic nitrogens is 4. The molecule has 3 rings (SSSR count). The van der Waals surface area contributed by atoms with E-state index in [0.29, 0.717) is 28.8 Å². The fourth-order valence-corrected chi connectivity index (χ4v) is 2.94. The lowest BCUT2D eigenvalue weighted by atomic mass is 10.1. The van der Waals surface area contributed by atoms with Crippen LogP contribution in [0.5, 0.6) is 0 Å². The molecule has 0 atom stereocenters. The van der Waals surface area contributed by atoms with Gasteiger partial charge >= 0.3 is 0 Å². The number of carbonyl (C=O) groups excluding carboxylic acids is 1. The van der Waals surface area contributed by atoms with Gasteiger partial charge in [-0.25, -0.2) is 4.98 Å². The molecule has 0 aliphatic rings. The third-order valence-electron chi connectivity index (χ3n) is 4.25. The maximum atomic E-state index is 13.1.